The molecule has 2 heterocycles. The van der Waals surface area contributed by atoms with E-state index in [-0.39, 0.29) is 5.41 Å². The summed E-state index contributed by atoms with van der Waals surface area (Å²) in [5.41, 5.74) is 17.5. The summed E-state index contributed by atoms with van der Waals surface area (Å²) in [6.07, 6.45) is 0. The fraction of sp³-hybridized carbons (Fsp3) is 0.0727. The maximum Gasteiger partial charge on any atom is 0.145 e. The Balaban J connectivity index is 1.11. The van der Waals surface area contributed by atoms with Crippen LogP contribution in [0.15, 0.2) is 200 Å². The maximum atomic E-state index is 5.65. The highest BCUT2D eigenvalue weighted by atomic mass is 15.1. The normalized spacial score (nSPS) is 11.6. The highest BCUT2D eigenvalue weighted by Crippen LogP contribution is 2.44. The third-order valence-corrected chi connectivity index (χ3v) is 11.2. The van der Waals surface area contributed by atoms with Crippen LogP contribution in [0.25, 0.3) is 95.0 Å². The highest BCUT2D eigenvalue weighted by Gasteiger charge is 2.27. The number of benzene rings is 8. The largest absolute Gasteiger partial charge is 0.292 e. The summed E-state index contributed by atoms with van der Waals surface area (Å²) in [5, 5.41) is 0. The Morgan fingerprint density at radius 3 is 1.44 bits per heavy atom. The van der Waals surface area contributed by atoms with Crippen molar-refractivity contribution in [2.75, 3.05) is 0 Å². The fourth-order valence-electron chi connectivity index (χ4n) is 8.23. The van der Waals surface area contributed by atoms with E-state index in [1.807, 2.05) is 12.1 Å². The lowest BCUT2D eigenvalue weighted by molar-refractivity contribution is 0.593. The Kier molecular flexibility index (Phi) is 9.03. The average Bonchev–Trinajstić information content (AvgIpc) is 3.69. The molecule has 0 aliphatic rings. The number of imidazole rings is 1. The summed E-state index contributed by atoms with van der Waals surface area (Å²) >= 11 is 0. The Morgan fingerprint density at radius 2 is 0.847 bits per heavy atom. The van der Waals surface area contributed by atoms with E-state index >= 15 is 0 Å². The van der Waals surface area contributed by atoms with Crippen molar-refractivity contribution in [3.63, 3.8) is 0 Å². The van der Waals surface area contributed by atoms with E-state index in [1.165, 1.54) is 5.56 Å². The van der Waals surface area contributed by atoms with Crippen LogP contribution in [0.5, 0.6) is 0 Å². The Hall–Kier alpha value is -7.43. The Morgan fingerprint density at radius 1 is 0.390 bits per heavy atom. The molecular weight excluding hydrogens is 717 g/mol. The van der Waals surface area contributed by atoms with Crippen molar-refractivity contribution < 1.29 is 0 Å². The van der Waals surface area contributed by atoms with Gasteiger partial charge in [-0.25, -0.2) is 15.0 Å². The highest BCUT2D eigenvalue weighted by molar-refractivity contribution is 6.04. The molecule has 0 saturated carbocycles. The lowest BCUT2D eigenvalue weighted by Gasteiger charge is -2.26. The molecule has 59 heavy (non-hydrogen) atoms. The van der Waals surface area contributed by atoms with E-state index in [9.17, 15) is 0 Å². The second-order valence-corrected chi connectivity index (χ2v) is 16.1. The van der Waals surface area contributed by atoms with E-state index in [4.69, 9.17) is 15.0 Å². The van der Waals surface area contributed by atoms with E-state index in [0.717, 1.165) is 95.0 Å². The molecule has 0 aliphatic carbocycles. The SMILES string of the molecule is CC(C)(C)c1cc(-c2ccccc2)c2nc(-c3ccc(-c4ccc(-c5nc6ccccc6n5-c5ccccc5)cc4)cc3)c(-c3ccccc3)nc2c1-c1ccccc1. The average molecular weight is 759 g/mol. The lowest BCUT2D eigenvalue weighted by atomic mass is 9.79. The molecule has 2 aromatic heterocycles. The van der Waals surface area contributed by atoms with Crippen molar-refractivity contribution in [3.8, 4) is 73.0 Å². The van der Waals surface area contributed by atoms with Crippen LogP contribution >= 0.6 is 0 Å². The fourth-order valence-corrected chi connectivity index (χ4v) is 8.23. The quantitative estimate of drug-likeness (QED) is 0.163. The second-order valence-electron chi connectivity index (χ2n) is 16.1. The van der Waals surface area contributed by atoms with Gasteiger partial charge in [-0.3, -0.25) is 4.57 Å². The Bertz CT molecular complexity index is 3070. The molecule has 0 radical (unpaired) electrons. The zero-order valence-electron chi connectivity index (χ0n) is 33.3. The van der Waals surface area contributed by atoms with Crippen LogP contribution in [0, 0.1) is 0 Å². The first-order valence-corrected chi connectivity index (χ1v) is 20.2. The molecule has 0 atom stereocenters. The van der Waals surface area contributed by atoms with Gasteiger partial charge in [0.2, 0.25) is 0 Å². The number of rotatable bonds is 7. The van der Waals surface area contributed by atoms with Gasteiger partial charge < -0.3 is 0 Å². The summed E-state index contributed by atoms with van der Waals surface area (Å²) in [7, 11) is 0. The molecule has 4 nitrogen and oxygen atoms in total. The summed E-state index contributed by atoms with van der Waals surface area (Å²) in [6.45, 7) is 6.85. The predicted molar refractivity (Wildman–Crippen MR) is 245 cm³/mol. The smallest absolute Gasteiger partial charge is 0.145 e. The molecule has 0 bridgehead atoms. The predicted octanol–water partition coefficient (Wildman–Crippen LogP) is 14.3. The van der Waals surface area contributed by atoms with Gasteiger partial charge >= 0.3 is 0 Å². The van der Waals surface area contributed by atoms with Gasteiger partial charge in [0.1, 0.15) is 5.82 Å². The number of hydrogen-bond acceptors (Lipinski definition) is 3. The molecule has 8 aromatic carbocycles. The summed E-state index contributed by atoms with van der Waals surface area (Å²) < 4.78 is 2.24. The minimum Gasteiger partial charge on any atom is -0.292 e. The monoisotopic (exact) mass is 758 g/mol. The third-order valence-electron chi connectivity index (χ3n) is 11.2. The zero-order valence-corrected chi connectivity index (χ0v) is 33.3. The van der Waals surface area contributed by atoms with Gasteiger partial charge in [0.25, 0.3) is 0 Å². The maximum absolute atomic E-state index is 5.65. The van der Waals surface area contributed by atoms with E-state index < -0.39 is 0 Å². The number of hydrogen-bond donors (Lipinski definition) is 0. The van der Waals surface area contributed by atoms with Crippen molar-refractivity contribution in [3.05, 3.63) is 206 Å². The molecule has 0 saturated heterocycles. The van der Waals surface area contributed by atoms with Crippen LogP contribution in [0.1, 0.15) is 26.3 Å². The van der Waals surface area contributed by atoms with Crippen molar-refractivity contribution in [1.29, 1.82) is 0 Å². The van der Waals surface area contributed by atoms with Gasteiger partial charge in [-0.2, -0.15) is 0 Å². The van der Waals surface area contributed by atoms with Crippen LogP contribution in [0.3, 0.4) is 0 Å². The first-order chi connectivity index (χ1) is 28.9. The van der Waals surface area contributed by atoms with Crippen LogP contribution in [-0.4, -0.2) is 19.5 Å². The van der Waals surface area contributed by atoms with Gasteiger partial charge in [-0.05, 0) is 63.6 Å². The molecular formula is C55H42N4. The van der Waals surface area contributed by atoms with Gasteiger partial charge in [-0.1, -0.05) is 191 Å². The topological polar surface area (TPSA) is 43.6 Å². The van der Waals surface area contributed by atoms with Crippen LogP contribution in [0.2, 0.25) is 0 Å². The van der Waals surface area contributed by atoms with E-state index in [2.05, 4.69) is 213 Å². The van der Waals surface area contributed by atoms with E-state index in [0.29, 0.717) is 0 Å². The van der Waals surface area contributed by atoms with Crippen molar-refractivity contribution in [1.82, 2.24) is 19.5 Å². The zero-order chi connectivity index (χ0) is 39.9. The van der Waals surface area contributed by atoms with Crippen LogP contribution in [-0.2, 0) is 5.41 Å². The lowest BCUT2D eigenvalue weighted by Crippen LogP contribution is -2.14. The first kappa shape index (κ1) is 35.9. The van der Waals surface area contributed by atoms with E-state index in [1.54, 1.807) is 0 Å². The molecule has 0 amide bonds. The molecule has 282 valence electrons. The number of para-hydroxylation sites is 3. The summed E-state index contributed by atoms with van der Waals surface area (Å²) in [5.74, 6) is 0.919. The van der Waals surface area contributed by atoms with Crippen molar-refractivity contribution >= 4 is 22.1 Å². The van der Waals surface area contributed by atoms with Gasteiger partial charge in [0.15, 0.2) is 0 Å². The molecule has 0 N–H and O–H groups in total. The van der Waals surface area contributed by atoms with Crippen molar-refractivity contribution in [2.24, 2.45) is 0 Å². The molecule has 0 unspecified atom stereocenters. The molecule has 10 rings (SSSR count). The standard InChI is InChI=1S/C55H42N4/c1-55(2,3)46-36-45(39-18-8-4-9-19-39)52-53(49(46)40-20-10-5-11-21-40)58-50(41-22-12-6-13-23-41)51(57-52)42-32-28-37(29-33-42)38-30-34-43(35-31-38)54-56-47-26-16-17-27-48(47)59(54)44-24-14-7-15-25-44/h4-36H,1-3H3. The Labute approximate surface area is 345 Å². The number of fused-ring (bicyclic) bond motifs is 2. The van der Waals surface area contributed by atoms with Crippen LogP contribution in [0.4, 0.5) is 0 Å². The summed E-state index contributed by atoms with van der Waals surface area (Å²) in [6, 6.07) is 70.3. The first-order valence-electron chi connectivity index (χ1n) is 20.2. The van der Waals surface area contributed by atoms with Gasteiger partial charge in [-0.15, -0.1) is 0 Å². The van der Waals surface area contributed by atoms with Crippen LogP contribution < -0.4 is 0 Å². The molecule has 0 aliphatic heterocycles. The third kappa shape index (κ3) is 6.69. The van der Waals surface area contributed by atoms with Gasteiger partial charge in [0, 0.05) is 33.5 Å². The second kappa shape index (κ2) is 14.8. The molecule has 0 spiro atoms. The molecule has 10 aromatic rings. The summed E-state index contributed by atoms with van der Waals surface area (Å²) in [4.78, 5) is 16.4. The van der Waals surface area contributed by atoms with Crippen molar-refractivity contribution in [2.45, 2.75) is 26.2 Å². The van der Waals surface area contributed by atoms with Gasteiger partial charge in [0.05, 0.1) is 33.5 Å². The number of aromatic nitrogens is 4. The number of nitrogens with zero attached hydrogens (tertiary/aromatic N) is 4. The minimum atomic E-state index is -0.152. The molecule has 4 heteroatoms. The minimum absolute atomic E-state index is 0.152. The molecule has 0 fully saturated rings.